The van der Waals surface area contributed by atoms with Gasteiger partial charge in [0, 0.05) is 23.0 Å². The number of hydrogen-bond acceptors (Lipinski definition) is 2. The molecule has 0 amide bonds. The predicted molar refractivity (Wildman–Crippen MR) is 54.2 cm³/mol. The Morgan fingerprint density at radius 3 is 3.14 bits per heavy atom. The number of pyridine rings is 2. The van der Waals surface area contributed by atoms with Gasteiger partial charge in [-0.15, -0.1) is 0 Å². The lowest BCUT2D eigenvalue weighted by Crippen LogP contribution is -1.92. The first-order valence-electron chi connectivity index (χ1n) is 4.30. The number of aromatic amines is 2. The summed E-state index contributed by atoms with van der Waals surface area (Å²) in [7, 11) is 0. The van der Waals surface area contributed by atoms with Gasteiger partial charge in [0.15, 0.2) is 0 Å². The van der Waals surface area contributed by atoms with E-state index in [4.69, 9.17) is 0 Å². The van der Waals surface area contributed by atoms with Crippen LogP contribution < -0.4 is 5.56 Å². The Balaban J connectivity index is 2.66. The number of nitrogens with zero attached hydrogens (tertiary/aromatic N) is 1. The Kier molecular flexibility index (Phi) is 1.28. The summed E-state index contributed by atoms with van der Waals surface area (Å²) >= 11 is 0. The van der Waals surface area contributed by atoms with Gasteiger partial charge in [0.05, 0.1) is 11.7 Å². The summed E-state index contributed by atoms with van der Waals surface area (Å²) in [5.41, 5.74) is 1.49. The first-order chi connectivity index (χ1) is 6.84. The standard InChI is InChI=1S/C10H7N3O/c14-9-4-7-6-2-1-3-11-10(6)12-5-8(7)13-9/h1-5H,(H,11,12)(H,13,14). The van der Waals surface area contributed by atoms with Crippen LogP contribution in [0, 0.1) is 0 Å². The molecular weight excluding hydrogens is 178 g/mol. The van der Waals surface area contributed by atoms with Crippen LogP contribution in [0.5, 0.6) is 0 Å². The zero-order chi connectivity index (χ0) is 9.54. The molecule has 3 rings (SSSR count). The predicted octanol–water partition coefficient (Wildman–Crippen LogP) is 1.40. The largest absolute Gasteiger partial charge is 0.346 e. The summed E-state index contributed by atoms with van der Waals surface area (Å²) in [6.45, 7) is 0. The van der Waals surface area contributed by atoms with Crippen molar-refractivity contribution in [1.82, 2.24) is 15.0 Å². The van der Waals surface area contributed by atoms with Crippen LogP contribution in [-0.2, 0) is 0 Å². The van der Waals surface area contributed by atoms with Crippen LogP contribution in [0.3, 0.4) is 0 Å². The normalized spacial score (nSPS) is 11.1. The minimum absolute atomic E-state index is 0.0850. The topological polar surface area (TPSA) is 61.5 Å². The third-order valence-corrected chi connectivity index (χ3v) is 2.27. The van der Waals surface area contributed by atoms with E-state index < -0.39 is 0 Å². The fourth-order valence-corrected chi connectivity index (χ4v) is 1.65. The zero-order valence-corrected chi connectivity index (χ0v) is 7.24. The van der Waals surface area contributed by atoms with Crippen LogP contribution in [0.15, 0.2) is 35.4 Å². The summed E-state index contributed by atoms with van der Waals surface area (Å²) in [5, 5.41) is 1.88. The SMILES string of the molecule is O=c1cc2c(cnc3[nH]cccc32)[nH]1. The lowest BCUT2D eigenvalue weighted by atomic mass is 10.2. The highest BCUT2D eigenvalue weighted by Crippen LogP contribution is 2.18. The van der Waals surface area contributed by atoms with Crippen LogP contribution in [-0.4, -0.2) is 15.0 Å². The number of rotatable bonds is 0. The van der Waals surface area contributed by atoms with E-state index in [9.17, 15) is 4.79 Å². The molecule has 68 valence electrons. The van der Waals surface area contributed by atoms with Gasteiger partial charge in [-0.3, -0.25) is 4.79 Å². The van der Waals surface area contributed by atoms with Gasteiger partial charge >= 0.3 is 0 Å². The van der Waals surface area contributed by atoms with Gasteiger partial charge in [0.1, 0.15) is 5.65 Å². The van der Waals surface area contributed by atoms with Crippen LogP contribution >= 0.6 is 0 Å². The van der Waals surface area contributed by atoms with E-state index in [1.165, 1.54) is 0 Å². The fourth-order valence-electron chi connectivity index (χ4n) is 1.65. The number of hydrogen-bond donors (Lipinski definition) is 2. The molecule has 3 aromatic rings. The molecule has 3 aromatic heterocycles. The maximum absolute atomic E-state index is 11.1. The third kappa shape index (κ3) is 0.877. The molecule has 0 aliphatic rings. The van der Waals surface area contributed by atoms with Gasteiger partial charge in [-0.1, -0.05) is 0 Å². The molecule has 3 heterocycles. The molecule has 2 N–H and O–H groups in total. The lowest BCUT2D eigenvalue weighted by molar-refractivity contribution is 1.28. The van der Waals surface area contributed by atoms with Crippen molar-refractivity contribution in [2.45, 2.75) is 0 Å². The molecule has 0 spiro atoms. The Hall–Kier alpha value is -2.10. The van der Waals surface area contributed by atoms with Gasteiger partial charge in [0.25, 0.3) is 0 Å². The molecule has 14 heavy (non-hydrogen) atoms. The Morgan fingerprint density at radius 1 is 1.29 bits per heavy atom. The van der Waals surface area contributed by atoms with Crippen molar-refractivity contribution in [2.24, 2.45) is 0 Å². The number of aromatic nitrogens is 3. The quantitative estimate of drug-likeness (QED) is 0.556. The van der Waals surface area contributed by atoms with Gasteiger partial charge in [-0.05, 0) is 12.1 Å². The Morgan fingerprint density at radius 2 is 2.21 bits per heavy atom. The highest BCUT2D eigenvalue weighted by Gasteiger charge is 2.03. The molecule has 0 fully saturated rings. The molecule has 0 aromatic carbocycles. The molecule has 0 aliphatic carbocycles. The first-order valence-corrected chi connectivity index (χ1v) is 4.30. The molecular formula is C10H7N3O. The van der Waals surface area contributed by atoms with Crippen molar-refractivity contribution >= 4 is 21.9 Å². The summed E-state index contributed by atoms with van der Waals surface area (Å²) < 4.78 is 0. The monoisotopic (exact) mass is 185 g/mol. The molecule has 4 heteroatoms. The van der Waals surface area contributed by atoms with Gasteiger partial charge in [0.2, 0.25) is 5.56 Å². The smallest absolute Gasteiger partial charge is 0.249 e. The maximum Gasteiger partial charge on any atom is 0.249 e. The van der Waals surface area contributed by atoms with Crippen LogP contribution in [0.25, 0.3) is 21.9 Å². The van der Waals surface area contributed by atoms with Gasteiger partial charge in [-0.25, -0.2) is 4.98 Å². The van der Waals surface area contributed by atoms with E-state index in [1.807, 2.05) is 18.3 Å². The molecule has 0 aliphatic heterocycles. The summed E-state index contributed by atoms with van der Waals surface area (Å²) in [4.78, 5) is 21.1. The fraction of sp³-hybridized carbons (Fsp3) is 0. The first kappa shape index (κ1) is 7.32. The summed E-state index contributed by atoms with van der Waals surface area (Å²) in [6, 6.07) is 5.42. The maximum atomic E-state index is 11.1. The van der Waals surface area contributed by atoms with Crippen molar-refractivity contribution < 1.29 is 0 Å². The van der Waals surface area contributed by atoms with Crippen molar-refractivity contribution in [1.29, 1.82) is 0 Å². The van der Waals surface area contributed by atoms with E-state index in [-0.39, 0.29) is 5.56 Å². The third-order valence-electron chi connectivity index (χ3n) is 2.27. The lowest BCUT2D eigenvalue weighted by Gasteiger charge is -1.97. The van der Waals surface area contributed by atoms with Crippen molar-refractivity contribution in [3.63, 3.8) is 0 Å². The van der Waals surface area contributed by atoms with Crippen LogP contribution in [0.1, 0.15) is 0 Å². The van der Waals surface area contributed by atoms with Crippen LogP contribution in [0.4, 0.5) is 0 Å². The highest BCUT2D eigenvalue weighted by atomic mass is 16.1. The molecule has 0 unspecified atom stereocenters. The Labute approximate surface area is 78.6 Å². The average Bonchev–Trinajstić information content (AvgIpc) is 2.59. The highest BCUT2D eigenvalue weighted by molar-refractivity contribution is 6.02. The second-order valence-electron chi connectivity index (χ2n) is 3.15. The van der Waals surface area contributed by atoms with E-state index in [0.29, 0.717) is 0 Å². The van der Waals surface area contributed by atoms with E-state index in [1.54, 1.807) is 12.3 Å². The zero-order valence-electron chi connectivity index (χ0n) is 7.24. The minimum atomic E-state index is -0.0850. The minimum Gasteiger partial charge on any atom is -0.346 e. The second kappa shape index (κ2) is 2.45. The Bertz CT molecular complexity index is 665. The summed E-state index contributed by atoms with van der Waals surface area (Å²) in [6.07, 6.45) is 3.47. The van der Waals surface area contributed by atoms with Crippen molar-refractivity contribution in [2.75, 3.05) is 0 Å². The van der Waals surface area contributed by atoms with Gasteiger partial charge < -0.3 is 9.97 Å². The molecule has 0 saturated carbocycles. The molecule has 0 radical (unpaired) electrons. The van der Waals surface area contributed by atoms with E-state index in [2.05, 4.69) is 15.0 Å². The van der Waals surface area contributed by atoms with E-state index >= 15 is 0 Å². The molecule has 0 bridgehead atoms. The molecule has 0 atom stereocenters. The number of nitrogens with one attached hydrogen (secondary N) is 2. The average molecular weight is 185 g/mol. The van der Waals surface area contributed by atoms with Crippen molar-refractivity contribution in [3.8, 4) is 0 Å². The van der Waals surface area contributed by atoms with Crippen molar-refractivity contribution in [3.05, 3.63) is 40.9 Å². The van der Waals surface area contributed by atoms with Crippen LogP contribution in [0.2, 0.25) is 0 Å². The second-order valence-corrected chi connectivity index (χ2v) is 3.15. The van der Waals surface area contributed by atoms with Gasteiger partial charge in [-0.2, -0.15) is 0 Å². The number of H-pyrrole nitrogens is 2. The number of fused-ring (bicyclic) bond motifs is 3. The molecule has 0 saturated heterocycles. The molecule has 4 nitrogen and oxygen atoms in total. The summed E-state index contributed by atoms with van der Waals surface area (Å²) in [5.74, 6) is 0. The van der Waals surface area contributed by atoms with E-state index in [0.717, 1.165) is 21.9 Å².